The van der Waals surface area contributed by atoms with E-state index in [1.807, 2.05) is 0 Å². The van der Waals surface area contributed by atoms with E-state index >= 15 is 0 Å². The van der Waals surface area contributed by atoms with Crippen molar-refractivity contribution < 1.29 is 23.3 Å². The first kappa shape index (κ1) is 14.5. The molecule has 0 atom stereocenters. The van der Waals surface area contributed by atoms with Crippen LogP contribution in [0.15, 0.2) is 24.3 Å². The van der Waals surface area contributed by atoms with Crippen LogP contribution in [0.4, 0.5) is 5.69 Å². The summed E-state index contributed by atoms with van der Waals surface area (Å²) in [4.78, 5) is 21.6. The van der Waals surface area contributed by atoms with E-state index in [1.54, 1.807) is 0 Å². The number of Topliss-reactive ketones (excluding diaryl/α,β-unsaturated/α-hetero) is 1. The quantitative estimate of drug-likeness (QED) is 0.341. The number of carbonyl (C=O) groups excluding carboxylic acids is 1. The maximum atomic E-state index is 11.8. The highest BCUT2D eigenvalue weighted by molar-refractivity contribution is 7.54. The van der Waals surface area contributed by atoms with Gasteiger partial charge in [0, 0.05) is 31.9 Å². The van der Waals surface area contributed by atoms with E-state index in [4.69, 9.17) is 0 Å². The third-order valence-electron chi connectivity index (χ3n) is 2.29. The Morgan fingerprint density at radius 2 is 1.78 bits per heavy atom. The molecule has 0 radical (unpaired) electrons. The van der Waals surface area contributed by atoms with Gasteiger partial charge in [0.05, 0.1) is 4.92 Å². The summed E-state index contributed by atoms with van der Waals surface area (Å²) < 4.78 is 21.0. The number of rotatable bonds is 6. The summed E-state index contributed by atoms with van der Waals surface area (Å²) in [5, 5.41) is 10.4. The zero-order valence-corrected chi connectivity index (χ0v) is 10.8. The summed E-state index contributed by atoms with van der Waals surface area (Å²) in [6, 6.07) is 5.02. The molecule has 8 heteroatoms. The summed E-state index contributed by atoms with van der Waals surface area (Å²) in [5.41, 5.74) is 0.100. The predicted molar refractivity (Wildman–Crippen MR) is 63.9 cm³/mol. The average molecular weight is 273 g/mol. The molecule has 0 heterocycles. The Labute approximate surface area is 103 Å². The van der Waals surface area contributed by atoms with E-state index in [0.29, 0.717) is 0 Å². The number of non-ortho nitro benzene ring substituents is 1. The lowest BCUT2D eigenvalue weighted by Gasteiger charge is -2.12. The second kappa shape index (κ2) is 5.86. The smallest absolute Gasteiger partial charge is 0.312 e. The summed E-state index contributed by atoms with van der Waals surface area (Å²) >= 11 is 0. The van der Waals surface area contributed by atoms with Crippen LogP contribution in [0, 0.1) is 10.1 Å². The van der Waals surface area contributed by atoms with Crippen LogP contribution in [0.3, 0.4) is 0 Å². The summed E-state index contributed by atoms with van der Waals surface area (Å²) in [6.45, 7) is 0. The first-order valence-corrected chi connectivity index (χ1v) is 6.63. The van der Waals surface area contributed by atoms with Crippen LogP contribution in [0.2, 0.25) is 0 Å². The number of ketones is 1. The van der Waals surface area contributed by atoms with Gasteiger partial charge in [-0.1, -0.05) is 0 Å². The molecule has 0 saturated carbocycles. The Kier molecular flexibility index (Phi) is 4.72. The molecule has 0 spiro atoms. The molecule has 0 bridgehead atoms. The SMILES string of the molecule is COP(=O)(CC(=O)c1ccc([N+](=O)[O-])cc1)OC. The van der Waals surface area contributed by atoms with Crippen LogP contribution in [-0.2, 0) is 13.6 Å². The molecule has 0 fully saturated rings. The van der Waals surface area contributed by atoms with Crippen LogP contribution >= 0.6 is 7.60 Å². The Bertz CT molecular complexity index is 490. The minimum Gasteiger partial charge on any atom is -0.312 e. The van der Waals surface area contributed by atoms with E-state index in [0.717, 1.165) is 0 Å². The average Bonchev–Trinajstić information content (AvgIpc) is 2.38. The summed E-state index contributed by atoms with van der Waals surface area (Å²) in [6.07, 6.45) is -0.405. The number of nitro groups is 1. The van der Waals surface area contributed by atoms with Crippen molar-refractivity contribution in [2.45, 2.75) is 0 Å². The summed E-state index contributed by atoms with van der Waals surface area (Å²) in [5.74, 6) is -0.461. The molecule has 0 unspecified atom stereocenters. The molecule has 0 aliphatic heterocycles. The first-order valence-electron chi connectivity index (χ1n) is 4.90. The van der Waals surface area contributed by atoms with Gasteiger partial charge in [-0.05, 0) is 12.1 Å². The summed E-state index contributed by atoms with van der Waals surface area (Å²) in [7, 11) is -1.04. The molecule has 0 N–H and O–H groups in total. The van der Waals surface area contributed by atoms with E-state index in [-0.39, 0.29) is 11.3 Å². The van der Waals surface area contributed by atoms with Crippen molar-refractivity contribution in [3.8, 4) is 0 Å². The molecule has 0 saturated heterocycles. The van der Waals surface area contributed by atoms with Crippen molar-refractivity contribution in [1.82, 2.24) is 0 Å². The zero-order valence-electron chi connectivity index (χ0n) is 9.86. The number of benzene rings is 1. The third kappa shape index (κ3) is 3.46. The van der Waals surface area contributed by atoms with Gasteiger partial charge in [-0.2, -0.15) is 0 Å². The fourth-order valence-electron chi connectivity index (χ4n) is 1.24. The van der Waals surface area contributed by atoms with Gasteiger partial charge in [0.1, 0.15) is 6.16 Å². The number of hydrogen-bond acceptors (Lipinski definition) is 6. The van der Waals surface area contributed by atoms with E-state index in [1.165, 1.54) is 38.5 Å². The van der Waals surface area contributed by atoms with Crippen molar-refractivity contribution in [3.05, 3.63) is 39.9 Å². The topological polar surface area (TPSA) is 95.7 Å². The lowest BCUT2D eigenvalue weighted by molar-refractivity contribution is -0.384. The molecule has 1 rings (SSSR count). The van der Waals surface area contributed by atoms with Gasteiger partial charge < -0.3 is 9.05 Å². The van der Waals surface area contributed by atoms with Crippen molar-refractivity contribution in [2.24, 2.45) is 0 Å². The predicted octanol–water partition coefficient (Wildman–Crippen LogP) is 2.26. The van der Waals surface area contributed by atoms with Gasteiger partial charge in [-0.15, -0.1) is 0 Å². The molecule has 0 aromatic heterocycles. The van der Waals surface area contributed by atoms with Gasteiger partial charge in [0.25, 0.3) is 5.69 Å². The number of nitro benzene ring substituents is 1. The molecule has 0 aliphatic rings. The number of hydrogen-bond donors (Lipinski definition) is 0. The van der Waals surface area contributed by atoms with Gasteiger partial charge in [0.2, 0.25) is 0 Å². The van der Waals surface area contributed by atoms with Crippen molar-refractivity contribution in [1.29, 1.82) is 0 Å². The second-order valence-corrected chi connectivity index (χ2v) is 5.63. The minimum absolute atomic E-state index is 0.117. The highest BCUT2D eigenvalue weighted by atomic mass is 31.2. The molecule has 7 nitrogen and oxygen atoms in total. The molecule has 0 amide bonds. The molecule has 98 valence electrons. The monoisotopic (exact) mass is 273 g/mol. The zero-order chi connectivity index (χ0) is 13.8. The van der Waals surface area contributed by atoms with Crippen molar-refractivity contribution >= 4 is 19.1 Å². The molecule has 1 aromatic rings. The van der Waals surface area contributed by atoms with Crippen LogP contribution in [-0.4, -0.2) is 31.1 Å². The largest absolute Gasteiger partial charge is 0.337 e. The van der Waals surface area contributed by atoms with E-state index < -0.39 is 24.5 Å². The maximum absolute atomic E-state index is 11.8. The molecular formula is C10H12NO6P. The second-order valence-electron chi connectivity index (χ2n) is 3.36. The van der Waals surface area contributed by atoms with Gasteiger partial charge in [0.15, 0.2) is 5.78 Å². The lowest BCUT2D eigenvalue weighted by Crippen LogP contribution is -2.08. The van der Waals surface area contributed by atoms with Gasteiger partial charge >= 0.3 is 7.60 Å². The molecule has 0 aliphatic carbocycles. The van der Waals surface area contributed by atoms with Crippen LogP contribution in [0.1, 0.15) is 10.4 Å². The fraction of sp³-hybridized carbons (Fsp3) is 0.300. The standard InChI is InChI=1S/C10H12NO6P/c1-16-18(15,17-2)7-10(12)8-3-5-9(6-4-8)11(13)14/h3-6H,7H2,1-2H3. The minimum atomic E-state index is -3.42. The molecule has 1 aromatic carbocycles. The Balaban J connectivity index is 2.85. The normalized spacial score (nSPS) is 11.2. The number of carbonyl (C=O) groups is 1. The Hall–Kier alpha value is -1.56. The molecule has 18 heavy (non-hydrogen) atoms. The van der Waals surface area contributed by atoms with E-state index in [9.17, 15) is 19.5 Å². The molecular weight excluding hydrogens is 261 g/mol. The highest BCUT2D eigenvalue weighted by Gasteiger charge is 2.26. The van der Waals surface area contributed by atoms with E-state index in [2.05, 4.69) is 9.05 Å². The van der Waals surface area contributed by atoms with Gasteiger partial charge in [-0.3, -0.25) is 19.5 Å². The maximum Gasteiger partial charge on any atom is 0.337 e. The van der Waals surface area contributed by atoms with Crippen molar-refractivity contribution in [2.75, 3.05) is 20.4 Å². The first-order chi connectivity index (χ1) is 8.41. The Morgan fingerprint density at radius 1 is 1.28 bits per heavy atom. The fourth-order valence-corrected chi connectivity index (χ4v) is 2.18. The third-order valence-corrected chi connectivity index (χ3v) is 4.08. The van der Waals surface area contributed by atoms with Crippen molar-refractivity contribution in [3.63, 3.8) is 0 Å². The van der Waals surface area contributed by atoms with Crippen LogP contribution < -0.4 is 0 Å². The highest BCUT2D eigenvalue weighted by Crippen LogP contribution is 2.46. The number of nitrogens with zero attached hydrogens (tertiary/aromatic N) is 1. The Morgan fingerprint density at radius 3 is 2.17 bits per heavy atom. The van der Waals surface area contributed by atoms with Gasteiger partial charge in [-0.25, -0.2) is 0 Å². The van der Waals surface area contributed by atoms with Crippen LogP contribution in [0.5, 0.6) is 0 Å². The van der Waals surface area contributed by atoms with Crippen LogP contribution in [0.25, 0.3) is 0 Å². The lowest BCUT2D eigenvalue weighted by atomic mass is 10.1.